The number of urea groups is 1. The number of halogens is 1. The predicted octanol–water partition coefficient (Wildman–Crippen LogP) is 4.81. The summed E-state index contributed by atoms with van der Waals surface area (Å²) >= 11 is 3.57. The topological polar surface area (TPSA) is 79.9 Å². The van der Waals surface area contributed by atoms with Crippen LogP contribution in [0.3, 0.4) is 0 Å². The van der Waals surface area contributed by atoms with Crippen LogP contribution >= 0.6 is 15.9 Å². The zero-order valence-corrected chi connectivity index (χ0v) is 21.5. The van der Waals surface area contributed by atoms with Crippen LogP contribution in [0.25, 0.3) is 10.9 Å². The molecule has 0 bridgehead atoms. The molecule has 0 aliphatic carbocycles. The number of phenols is 1. The van der Waals surface area contributed by atoms with Crippen LogP contribution < -0.4 is 0 Å². The van der Waals surface area contributed by atoms with Crippen molar-refractivity contribution < 1.29 is 14.7 Å². The van der Waals surface area contributed by atoms with E-state index in [0.717, 1.165) is 45.3 Å². The summed E-state index contributed by atoms with van der Waals surface area (Å²) in [7, 11) is 1.99. The largest absolute Gasteiger partial charge is 0.508 e. The molecule has 1 fully saturated rings. The minimum atomic E-state index is -1.02. The number of benzene rings is 2. The number of amides is 3. The standard InChI is InChI=1S/C27H29BrN4O3/c1-4-11-30(3)12-6-13-31-25(34)27(2)16-21-20-15-18(28)9-10-22(20)29-23(21)24(32(27)26(31)35)17-7-5-8-19(33)14-17/h4-5,7-10,14-15,24,29,33H,1,6,11-13,16H2,2-3H3/t24-,27+/m1/s1. The van der Waals surface area contributed by atoms with Gasteiger partial charge in [-0.1, -0.05) is 34.1 Å². The number of aromatic hydroxyl groups is 1. The number of H-pyrrole nitrogens is 1. The van der Waals surface area contributed by atoms with Crippen LogP contribution in [-0.2, 0) is 11.2 Å². The normalized spacial score (nSPS) is 21.7. The molecule has 35 heavy (non-hydrogen) atoms. The fourth-order valence-corrected chi connectivity index (χ4v) is 5.90. The molecule has 2 aromatic carbocycles. The summed E-state index contributed by atoms with van der Waals surface area (Å²) in [5.41, 5.74) is 2.61. The second-order valence-corrected chi connectivity index (χ2v) is 10.6. The number of likely N-dealkylation sites (N-methyl/N-ethyl adjacent to an activating group) is 1. The van der Waals surface area contributed by atoms with Crippen molar-refractivity contribution in [1.29, 1.82) is 0 Å². The lowest BCUT2D eigenvalue weighted by Crippen LogP contribution is -2.53. The second-order valence-electron chi connectivity index (χ2n) is 9.67. The summed E-state index contributed by atoms with van der Waals surface area (Å²) in [6, 6.07) is 12.2. The monoisotopic (exact) mass is 536 g/mol. The summed E-state index contributed by atoms with van der Waals surface area (Å²) in [5.74, 6) is -0.0516. The molecule has 7 nitrogen and oxygen atoms in total. The number of carbonyl (C=O) groups is 2. The summed E-state index contributed by atoms with van der Waals surface area (Å²) < 4.78 is 0.951. The van der Waals surface area contributed by atoms with Gasteiger partial charge >= 0.3 is 6.03 Å². The van der Waals surface area contributed by atoms with Crippen molar-refractivity contribution in [3.8, 4) is 5.75 Å². The van der Waals surface area contributed by atoms with E-state index >= 15 is 0 Å². The van der Waals surface area contributed by atoms with Crippen molar-refractivity contribution >= 4 is 38.8 Å². The molecule has 1 aromatic heterocycles. The van der Waals surface area contributed by atoms with Gasteiger partial charge in [-0.05, 0) is 68.4 Å². The van der Waals surface area contributed by atoms with Gasteiger partial charge in [0.1, 0.15) is 17.3 Å². The Morgan fingerprint density at radius 2 is 2.09 bits per heavy atom. The first-order chi connectivity index (χ1) is 16.7. The molecule has 8 heteroatoms. The first kappa shape index (κ1) is 23.6. The number of nitrogens with one attached hydrogen (secondary N) is 1. The van der Waals surface area contributed by atoms with E-state index in [1.807, 2.05) is 38.2 Å². The van der Waals surface area contributed by atoms with E-state index in [0.29, 0.717) is 19.4 Å². The fraction of sp³-hybridized carbons (Fsp3) is 0.333. The van der Waals surface area contributed by atoms with Gasteiger partial charge in [0.05, 0.1) is 0 Å². The molecule has 2 atom stereocenters. The van der Waals surface area contributed by atoms with Gasteiger partial charge in [-0.15, -0.1) is 6.58 Å². The maximum absolute atomic E-state index is 13.8. The number of rotatable bonds is 7. The quantitative estimate of drug-likeness (QED) is 0.335. The number of carbonyl (C=O) groups excluding carboxylic acids is 2. The van der Waals surface area contributed by atoms with Gasteiger partial charge in [0.25, 0.3) is 5.91 Å². The number of nitrogens with zero attached hydrogens (tertiary/aromatic N) is 3. The van der Waals surface area contributed by atoms with E-state index < -0.39 is 11.6 Å². The minimum Gasteiger partial charge on any atom is -0.508 e. The number of aromatic nitrogens is 1. The van der Waals surface area contributed by atoms with Crippen molar-refractivity contribution in [3.63, 3.8) is 0 Å². The number of imide groups is 1. The Hall–Kier alpha value is -3.10. The number of phenolic OH excluding ortho intramolecular Hbond substituents is 1. The number of fused-ring (bicyclic) bond motifs is 4. The average molecular weight is 537 g/mol. The molecule has 0 unspecified atom stereocenters. The van der Waals surface area contributed by atoms with Crippen molar-refractivity contribution in [2.24, 2.45) is 0 Å². The lowest BCUT2D eigenvalue weighted by atomic mass is 9.81. The highest BCUT2D eigenvalue weighted by Crippen LogP contribution is 2.49. The van der Waals surface area contributed by atoms with Crippen molar-refractivity contribution in [2.45, 2.75) is 31.3 Å². The third kappa shape index (κ3) is 3.85. The Labute approximate surface area is 213 Å². The van der Waals surface area contributed by atoms with Crippen LogP contribution in [-0.4, -0.2) is 68.9 Å². The van der Waals surface area contributed by atoms with Gasteiger partial charge in [0.2, 0.25) is 0 Å². The molecule has 1 saturated heterocycles. The van der Waals surface area contributed by atoms with Gasteiger partial charge in [-0.2, -0.15) is 0 Å². The lowest BCUT2D eigenvalue weighted by Gasteiger charge is -2.42. The summed E-state index contributed by atoms with van der Waals surface area (Å²) in [6.07, 6.45) is 2.94. The Bertz CT molecular complexity index is 1340. The SMILES string of the molecule is C=CCN(C)CCCN1C(=O)N2[C@H](c3cccc(O)c3)c3[nH]c4ccc(Br)cc4c3C[C@@]2(C)C1=O. The molecule has 3 heterocycles. The molecular formula is C27H29BrN4O3. The Kier molecular flexibility index (Phi) is 5.97. The molecule has 5 rings (SSSR count). The molecule has 3 aromatic rings. The molecule has 2 N–H and O–H groups in total. The molecule has 0 radical (unpaired) electrons. The molecule has 3 amide bonds. The van der Waals surface area contributed by atoms with E-state index in [1.54, 1.807) is 23.1 Å². The van der Waals surface area contributed by atoms with Crippen molar-refractivity contribution in [1.82, 2.24) is 19.7 Å². The number of aromatic amines is 1. The molecule has 2 aliphatic rings. The first-order valence-electron chi connectivity index (χ1n) is 11.8. The van der Waals surface area contributed by atoms with Gasteiger partial charge in [0.15, 0.2) is 0 Å². The summed E-state index contributed by atoms with van der Waals surface area (Å²) in [6.45, 7) is 7.50. The third-order valence-electron chi connectivity index (χ3n) is 7.18. The van der Waals surface area contributed by atoms with Crippen LogP contribution in [0.15, 0.2) is 59.6 Å². The molecule has 0 saturated carbocycles. The fourth-order valence-electron chi connectivity index (χ4n) is 5.53. The average Bonchev–Trinajstić information content (AvgIpc) is 3.25. The van der Waals surface area contributed by atoms with E-state index in [-0.39, 0.29) is 17.7 Å². The smallest absolute Gasteiger partial charge is 0.328 e. The molecule has 0 spiro atoms. The maximum atomic E-state index is 13.8. The van der Waals surface area contributed by atoms with Gasteiger partial charge in [-0.3, -0.25) is 14.6 Å². The highest BCUT2D eigenvalue weighted by Gasteiger charge is 2.60. The van der Waals surface area contributed by atoms with Crippen LogP contribution in [0.5, 0.6) is 5.75 Å². The van der Waals surface area contributed by atoms with Crippen molar-refractivity contribution in [2.75, 3.05) is 26.7 Å². The van der Waals surface area contributed by atoms with Crippen molar-refractivity contribution in [3.05, 3.63) is 76.4 Å². The van der Waals surface area contributed by atoms with E-state index in [9.17, 15) is 14.7 Å². The van der Waals surface area contributed by atoms with E-state index in [2.05, 4.69) is 38.5 Å². The molecular weight excluding hydrogens is 508 g/mol. The van der Waals surface area contributed by atoms with Crippen LogP contribution in [0.4, 0.5) is 4.79 Å². The number of hydrogen-bond donors (Lipinski definition) is 2. The zero-order valence-electron chi connectivity index (χ0n) is 19.9. The third-order valence-corrected chi connectivity index (χ3v) is 7.67. The maximum Gasteiger partial charge on any atom is 0.328 e. The van der Waals surface area contributed by atoms with Crippen LogP contribution in [0, 0.1) is 0 Å². The number of hydrogen-bond acceptors (Lipinski definition) is 4. The predicted molar refractivity (Wildman–Crippen MR) is 139 cm³/mol. The highest BCUT2D eigenvalue weighted by molar-refractivity contribution is 9.10. The lowest BCUT2D eigenvalue weighted by molar-refractivity contribution is -0.133. The Balaban J connectivity index is 1.59. The van der Waals surface area contributed by atoms with E-state index in [4.69, 9.17) is 0 Å². The zero-order chi connectivity index (χ0) is 24.9. The minimum absolute atomic E-state index is 0.121. The van der Waals surface area contributed by atoms with E-state index in [1.165, 1.54) is 4.90 Å². The Morgan fingerprint density at radius 1 is 1.29 bits per heavy atom. The van der Waals surface area contributed by atoms with Gasteiger partial charge in [-0.25, -0.2) is 4.79 Å². The first-order valence-corrected chi connectivity index (χ1v) is 12.6. The summed E-state index contributed by atoms with van der Waals surface area (Å²) in [4.78, 5) is 36.4. The van der Waals surface area contributed by atoms with Crippen LogP contribution in [0.2, 0.25) is 0 Å². The molecule has 182 valence electrons. The van der Waals surface area contributed by atoms with Crippen LogP contribution in [0.1, 0.15) is 36.2 Å². The van der Waals surface area contributed by atoms with Gasteiger partial charge < -0.3 is 15.0 Å². The second kappa shape index (κ2) is 8.84. The summed E-state index contributed by atoms with van der Waals surface area (Å²) in [5, 5.41) is 11.3. The Morgan fingerprint density at radius 3 is 2.83 bits per heavy atom. The molecule has 2 aliphatic heterocycles. The highest BCUT2D eigenvalue weighted by atomic mass is 79.9. The van der Waals surface area contributed by atoms with Gasteiger partial charge in [0, 0.05) is 40.6 Å².